The Labute approximate surface area is 220 Å². The molecule has 11 nitrogen and oxygen atoms in total. The van der Waals surface area contributed by atoms with Gasteiger partial charge in [-0.1, -0.05) is 35.9 Å². The Morgan fingerprint density at radius 2 is 1.55 bits per heavy atom. The topological polar surface area (TPSA) is 117 Å². The number of ether oxygens (including phenoxy) is 4. The number of hydrogen-bond acceptors (Lipinski definition) is 11. The summed E-state index contributed by atoms with van der Waals surface area (Å²) in [5.74, 6) is 2.28. The van der Waals surface area contributed by atoms with Crippen LogP contribution in [0.4, 0.5) is 17.6 Å². The van der Waals surface area contributed by atoms with Gasteiger partial charge in [-0.15, -0.1) is 10.2 Å². The molecule has 0 aliphatic carbocycles. The molecule has 1 N–H and O–H groups in total. The summed E-state index contributed by atoms with van der Waals surface area (Å²) in [4.78, 5) is 15.5. The molecule has 196 valence electrons. The summed E-state index contributed by atoms with van der Waals surface area (Å²) in [6, 6.07) is 19.2. The molecule has 0 atom stereocenters. The fourth-order valence-corrected chi connectivity index (χ4v) is 3.67. The standard InChI is InChI=1S/C27H29N7O4/c1-19-7-9-21(10-8-19)28-25-29-26(34-13-15-35-16-14-34)31-27(30-25)38-24-12-11-23(32-33-24)37-18-17-36-22-6-4-3-5-20(22)2/h3-12H,13-18H2,1-2H3,(H,28,29,30,31). The fourth-order valence-electron chi connectivity index (χ4n) is 3.67. The maximum absolute atomic E-state index is 5.84. The molecule has 0 saturated carbocycles. The van der Waals surface area contributed by atoms with Crippen LogP contribution in [-0.2, 0) is 4.74 Å². The highest BCUT2D eigenvalue weighted by Gasteiger charge is 2.18. The van der Waals surface area contributed by atoms with Crippen molar-refractivity contribution in [3.63, 3.8) is 0 Å². The minimum atomic E-state index is 0.103. The molecule has 11 heteroatoms. The van der Waals surface area contributed by atoms with Gasteiger partial charge in [0.15, 0.2) is 0 Å². The molecule has 0 spiro atoms. The first-order valence-electron chi connectivity index (χ1n) is 12.4. The number of aromatic nitrogens is 5. The second-order valence-corrected chi connectivity index (χ2v) is 8.61. The number of morpholine rings is 1. The molecule has 1 saturated heterocycles. The number of nitrogens with zero attached hydrogens (tertiary/aromatic N) is 6. The van der Waals surface area contributed by atoms with Gasteiger partial charge in [0.05, 0.1) is 13.2 Å². The number of aryl methyl sites for hydroxylation is 2. The minimum Gasteiger partial charge on any atom is -0.490 e. The van der Waals surface area contributed by atoms with Crippen LogP contribution in [0.3, 0.4) is 0 Å². The third-order valence-corrected chi connectivity index (χ3v) is 5.70. The van der Waals surface area contributed by atoms with Gasteiger partial charge in [-0.25, -0.2) is 0 Å². The van der Waals surface area contributed by atoms with Crippen LogP contribution in [-0.4, -0.2) is 64.7 Å². The Hall–Kier alpha value is -4.51. The van der Waals surface area contributed by atoms with Crippen LogP contribution in [0.25, 0.3) is 0 Å². The van der Waals surface area contributed by atoms with Gasteiger partial charge in [-0.05, 0) is 37.6 Å². The predicted molar refractivity (Wildman–Crippen MR) is 142 cm³/mol. The summed E-state index contributed by atoms with van der Waals surface area (Å²) in [6.07, 6.45) is 0. The lowest BCUT2D eigenvalue weighted by atomic mass is 10.2. The molecule has 4 aromatic rings. The predicted octanol–water partition coefficient (Wildman–Crippen LogP) is 4.11. The SMILES string of the molecule is Cc1ccc(Nc2nc(Oc3ccc(OCCOc4ccccc4C)nn3)nc(N3CCOCC3)n2)cc1. The number of nitrogens with one attached hydrogen (secondary N) is 1. The number of para-hydroxylation sites is 1. The summed E-state index contributed by atoms with van der Waals surface area (Å²) in [5.41, 5.74) is 3.09. The average Bonchev–Trinajstić information content (AvgIpc) is 2.94. The normalized spacial score (nSPS) is 13.2. The van der Waals surface area contributed by atoms with Gasteiger partial charge in [0.1, 0.15) is 19.0 Å². The molecule has 1 fully saturated rings. The Balaban J connectivity index is 1.23. The van der Waals surface area contributed by atoms with Crippen LogP contribution >= 0.6 is 0 Å². The molecule has 0 bridgehead atoms. The van der Waals surface area contributed by atoms with Crippen molar-refractivity contribution >= 4 is 17.6 Å². The van der Waals surface area contributed by atoms with E-state index in [4.69, 9.17) is 18.9 Å². The fraction of sp³-hybridized carbons (Fsp3) is 0.296. The number of anilines is 3. The highest BCUT2D eigenvalue weighted by Crippen LogP contribution is 2.23. The molecule has 0 radical (unpaired) electrons. The molecular weight excluding hydrogens is 486 g/mol. The van der Waals surface area contributed by atoms with Crippen LogP contribution in [0.1, 0.15) is 11.1 Å². The van der Waals surface area contributed by atoms with Gasteiger partial charge in [0.25, 0.3) is 0 Å². The number of rotatable bonds is 10. The summed E-state index contributed by atoms with van der Waals surface area (Å²) < 4.78 is 22.7. The monoisotopic (exact) mass is 515 g/mol. The molecule has 38 heavy (non-hydrogen) atoms. The van der Waals surface area contributed by atoms with Crippen LogP contribution in [0.15, 0.2) is 60.7 Å². The van der Waals surface area contributed by atoms with Gasteiger partial charge in [-0.3, -0.25) is 0 Å². The molecule has 1 aliphatic rings. The third kappa shape index (κ3) is 6.83. The van der Waals surface area contributed by atoms with Crippen molar-refractivity contribution in [1.82, 2.24) is 25.1 Å². The van der Waals surface area contributed by atoms with E-state index < -0.39 is 0 Å². The zero-order valence-corrected chi connectivity index (χ0v) is 21.3. The smallest absolute Gasteiger partial charge is 0.330 e. The van der Waals surface area contributed by atoms with Crippen molar-refractivity contribution in [2.45, 2.75) is 13.8 Å². The van der Waals surface area contributed by atoms with Crippen molar-refractivity contribution in [3.05, 3.63) is 71.8 Å². The van der Waals surface area contributed by atoms with E-state index in [1.54, 1.807) is 12.1 Å². The van der Waals surface area contributed by atoms with Gasteiger partial charge in [0, 0.05) is 30.9 Å². The van der Waals surface area contributed by atoms with E-state index in [0.717, 1.165) is 22.6 Å². The maximum Gasteiger partial charge on any atom is 0.330 e. The Bertz CT molecular complexity index is 1330. The van der Waals surface area contributed by atoms with Crippen molar-refractivity contribution in [2.24, 2.45) is 0 Å². The quantitative estimate of drug-likeness (QED) is 0.308. The van der Waals surface area contributed by atoms with E-state index in [9.17, 15) is 0 Å². The summed E-state index contributed by atoms with van der Waals surface area (Å²) >= 11 is 0. The lowest BCUT2D eigenvalue weighted by Gasteiger charge is -2.26. The zero-order valence-electron chi connectivity index (χ0n) is 21.3. The Morgan fingerprint density at radius 1 is 0.816 bits per heavy atom. The lowest BCUT2D eigenvalue weighted by molar-refractivity contribution is 0.122. The molecule has 1 aliphatic heterocycles. The first-order valence-corrected chi connectivity index (χ1v) is 12.4. The van der Waals surface area contributed by atoms with Gasteiger partial charge in [-0.2, -0.15) is 15.0 Å². The number of benzene rings is 2. The van der Waals surface area contributed by atoms with E-state index >= 15 is 0 Å². The van der Waals surface area contributed by atoms with Crippen molar-refractivity contribution in [3.8, 4) is 23.5 Å². The molecule has 2 aromatic heterocycles. The third-order valence-electron chi connectivity index (χ3n) is 5.70. The van der Waals surface area contributed by atoms with E-state index in [0.29, 0.717) is 57.3 Å². The lowest BCUT2D eigenvalue weighted by Crippen LogP contribution is -2.37. The van der Waals surface area contributed by atoms with Crippen molar-refractivity contribution < 1.29 is 18.9 Å². The van der Waals surface area contributed by atoms with Crippen molar-refractivity contribution in [2.75, 3.05) is 49.7 Å². The second-order valence-electron chi connectivity index (χ2n) is 8.61. The van der Waals surface area contributed by atoms with Crippen LogP contribution in [0.2, 0.25) is 0 Å². The van der Waals surface area contributed by atoms with Gasteiger partial charge in [0.2, 0.25) is 23.7 Å². The van der Waals surface area contributed by atoms with Gasteiger partial charge >= 0.3 is 6.01 Å². The van der Waals surface area contributed by atoms with Crippen LogP contribution < -0.4 is 24.4 Å². The van der Waals surface area contributed by atoms with Crippen molar-refractivity contribution in [1.29, 1.82) is 0 Å². The van der Waals surface area contributed by atoms with E-state index in [1.807, 2.05) is 67.3 Å². The first-order chi connectivity index (χ1) is 18.6. The first kappa shape index (κ1) is 25.2. The molecule has 0 amide bonds. The Kier molecular flexibility index (Phi) is 8.04. The zero-order chi connectivity index (χ0) is 26.2. The highest BCUT2D eigenvalue weighted by molar-refractivity contribution is 5.55. The summed E-state index contributed by atoms with van der Waals surface area (Å²) in [7, 11) is 0. The highest BCUT2D eigenvalue weighted by atomic mass is 16.5. The van der Waals surface area contributed by atoms with E-state index in [-0.39, 0.29) is 11.9 Å². The molecular formula is C27H29N7O4. The molecule has 5 rings (SSSR count). The largest absolute Gasteiger partial charge is 0.490 e. The van der Waals surface area contributed by atoms with Crippen LogP contribution in [0, 0.1) is 13.8 Å². The minimum absolute atomic E-state index is 0.103. The van der Waals surface area contributed by atoms with Gasteiger partial charge < -0.3 is 29.2 Å². The van der Waals surface area contributed by atoms with E-state index in [2.05, 4.69) is 30.5 Å². The summed E-state index contributed by atoms with van der Waals surface area (Å²) in [5, 5.41) is 11.4. The summed E-state index contributed by atoms with van der Waals surface area (Å²) in [6.45, 7) is 7.30. The molecule has 0 unspecified atom stereocenters. The maximum atomic E-state index is 5.84. The molecule has 3 heterocycles. The average molecular weight is 516 g/mol. The second kappa shape index (κ2) is 12.2. The number of hydrogen-bond donors (Lipinski definition) is 1. The van der Waals surface area contributed by atoms with E-state index in [1.165, 1.54) is 0 Å². The van der Waals surface area contributed by atoms with Crippen LogP contribution in [0.5, 0.6) is 23.5 Å². The molecule has 2 aromatic carbocycles. The Morgan fingerprint density at radius 3 is 2.32 bits per heavy atom.